The van der Waals surface area contributed by atoms with E-state index in [1.54, 1.807) is 7.11 Å². The number of methoxy groups -OCH3 is 1. The molecule has 0 saturated heterocycles. The van der Waals surface area contributed by atoms with E-state index in [4.69, 9.17) is 4.74 Å². The van der Waals surface area contributed by atoms with Gasteiger partial charge in [0, 0.05) is 6.42 Å². The van der Waals surface area contributed by atoms with Crippen molar-refractivity contribution in [1.82, 2.24) is 10.2 Å². The molecule has 0 unspecified atom stereocenters. The molecule has 1 N–H and O–H groups in total. The average molecular weight is 382 g/mol. The maximum absolute atomic E-state index is 12.6. The molecule has 0 fully saturated rings. The number of hydrogen-bond donors (Lipinski definition) is 1. The number of aryl methyl sites for hydroxylation is 2. The first-order valence-electron chi connectivity index (χ1n) is 9.00. The minimum absolute atomic E-state index is 0.0402. The Morgan fingerprint density at radius 2 is 1.81 bits per heavy atom. The molecule has 0 aliphatic heterocycles. The molecule has 1 atom stereocenters. The predicted octanol–water partition coefficient (Wildman–Crippen LogP) is 4.46. The lowest BCUT2D eigenvalue weighted by Gasteiger charge is -2.13. The number of rotatable bonds is 8. The van der Waals surface area contributed by atoms with Crippen LogP contribution in [-0.2, 0) is 17.6 Å². The van der Waals surface area contributed by atoms with Crippen molar-refractivity contribution in [3.8, 4) is 5.75 Å². The second kappa shape index (κ2) is 9.28. The van der Waals surface area contributed by atoms with Crippen LogP contribution in [0.25, 0.3) is 0 Å². The van der Waals surface area contributed by atoms with Gasteiger partial charge in [0.2, 0.25) is 11.0 Å². The van der Waals surface area contributed by atoms with E-state index < -0.39 is 0 Å². The molecule has 5 nitrogen and oxygen atoms in total. The number of nitrogens with zero attached hydrogens (tertiary/aromatic N) is 2. The van der Waals surface area contributed by atoms with Crippen molar-refractivity contribution in [3.05, 3.63) is 70.7 Å². The van der Waals surface area contributed by atoms with Crippen molar-refractivity contribution in [3.63, 3.8) is 0 Å². The van der Waals surface area contributed by atoms with Gasteiger partial charge in [0.25, 0.3) is 0 Å². The topological polar surface area (TPSA) is 64.1 Å². The summed E-state index contributed by atoms with van der Waals surface area (Å²) < 4.78 is 5.17. The largest absolute Gasteiger partial charge is 0.497 e. The smallest absolute Gasteiger partial charge is 0.233 e. The van der Waals surface area contributed by atoms with E-state index in [9.17, 15) is 4.79 Å². The summed E-state index contributed by atoms with van der Waals surface area (Å²) in [4.78, 5) is 12.6. The summed E-state index contributed by atoms with van der Waals surface area (Å²) in [6, 6.07) is 17.8. The molecule has 1 heterocycles. The molecule has 0 radical (unpaired) electrons. The quantitative estimate of drug-likeness (QED) is 0.625. The minimum atomic E-state index is -0.183. The van der Waals surface area contributed by atoms with Crippen LogP contribution in [0.3, 0.4) is 0 Å². The van der Waals surface area contributed by atoms with Crippen LogP contribution in [0.15, 0.2) is 54.6 Å². The Hall–Kier alpha value is -2.73. The Bertz CT molecular complexity index is 863. The van der Waals surface area contributed by atoms with Gasteiger partial charge in [-0.1, -0.05) is 60.7 Å². The van der Waals surface area contributed by atoms with Crippen LogP contribution in [0.4, 0.5) is 5.13 Å². The van der Waals surface area contributed by atoms with E-state index in [2.05, 4.69) is 15.5 Å². The lowest BCUT2D eigenvalue weighted by molar-refractivity contribution is -0.117. The second-order valence-corrected chi connectivity index (χ2v) is 7.27. The number of amides is 1. The maximum Gasteiger partial charge on any atom is 0.233 e. The third kappa shape index (κ3) is 5.14. The molecule has 2 aromatic carbocycles. The van der Waals surface area contributed by atoms with Crippen LogP contribution in [0, 0.1) is 0 Å². The highest BCUT2D eigenvalue weighted by Crippen LogP contribution is 2.23. The van der Waals surface area contributed by atoms with E-state index in [-0.39, 0.29) is 11.8 Å². The first-order chi connectivity index (χ1) is 13.2. The average Bonchev–Trinajstić information content (AvgIpc) is 3.15. The van der Waals surface area contributed by atoms with E-state index in [0.717, 1.165) is 35.6 Å². The van der Waals surface area contributed by atoms with Gasteiger partial charge in [0.15, 0.2) is 0 Å². The number of carbonyl (C=O) groups excluding carboxylic acids is 1. The zero-order valence-electron chi connectivity index (χ0n) is 15.5. The molecule has 1 aromatic heterocycles. The van der Waals surface area contributed by atoms with Crippen LogP contribution >= 0.6 is 11.3 Å². The summed E-state index contributed by atoms with van der Waals surface area (Å²) in [5.41, 5.74) is 2.23. The Kier molecular flexibility index (Phi) is 6.54. The van der Waals surface area contributed by atoms with Crippen molar-refractivity contribution >= 4 is 22.4 Å². The summed E-state index contributed by atoms with van der Waals surface area (Å²) >= 11 is 1.43. The number of carbonyl (C=O) groups is 1. The number of hydrogen-bond acceptors (Lipinski definition) is 5. The summed E-state index contributed by atoms with van der Waals surface area (Å²) in [6.07, 6.45) is 2.39. The third-order valence-corrected chi connectivity index (χ3v) is 5.31. The second-order valence-electron chi connectivity index (χ2n) is 6.21. The van der Waals surface area contributed by atoms with Crippen molar-refractivity contribution in [2.75, 3.05) is 12.4 Å². The molecule has 3 aromatic rings. The highest BCUT2D eigenvalue weighted by molar-refractivity contribution is 7.15. The van der Waals surface area contributed by atoms with Crippen LogP contribution in [0.5, 0.6) is 5.75 Å². The molecule has 3 rings (SSSR count). The molecule has 27 heavy (non-hydrogen) atoms. The fraction of sp³-hybridized carbons (Fsp3) is 0.286. The van der Waals surface area contributed by atoms with Crippen molar-refractivity contribution in [1.29, 1.82) is 0 Å². The van der Waals surface area contributed by atoms with Gasteiger partial charge in [-0.25, -0.2) is 0 Å². The van der Waals surface area contributed by atoms with Gasteiger partial charge in [-0.2, -0.15) is 0 Å². The van der Waals surface area contributed by atoms with Gasteiger partial charge < -0.3 is 4.74 Å². The zero-order chi connectivity index (χ0) is 19.1. The van der Waals surface area contributed by atoms with Gasteiger partial charge in [0.1, 0.15) is 10.8 Å². The fourth-order valence-corrected chi connectivity index (χ4v) is 3.64. The Morgan fingerprint density at radius 3 is 2.48 bits per heavy atom. The van der Waals surface area contributed by atoms with Gasteiger partial charge in [-0.15, -0.1) is 10.2 Å². The number of benzene rings is 2. The first-order valence-corrected chi connectivity index (χ1v) is 9.82. The third-order valence-electron chi connectivity index (χ3n) is 4.41. The van der Waals surface area contributed by atoms with E-state index in [1.807, 2.05) is 61.5 Å². The van der Waals surface area contributed by atoms with Gasteiger partial charge in [0.05, 0.1) is 13.0 Å². The molecule has 0 spiro atoms. The number of nitrogens with one attached hydrogen (secondary N) is 1. The maximum atomic E-state index is 12.6. The molecule has 0 saturated carbocycles. The minimum Gasteiger partial charge on any atom is -0.497 e. The summed E-state index contributed by atoms with van der Waals surface area (Å²) in [7, 11) is 1.66. The molecule has 0 aliphatic carbocycles. The summed E-state index contributed by atoms with van der Waals surface area (Å²) in [5.74, 6) is 0.628. The molecule has 1 amide bonds. The van der Waals surface area contributed by atoms with Crippen LogP contribution in [-0.4, -0.2) is 23.2 Å². The van der Waals surface area contributed by atoms with Gasteiger partial charge in [-0.05, 0) is 36.1 Å². The first kappa shape index (κ1) is 19.0. The molecule has 140 valence electrons. The summed E-state index contributed by atoms with van der Waals surface area (Å²) in [5, 5.41) is 12.7. The molecular weight excluding hydrogens is 358 g/mol. The standard InChI is InChI=1S/C21H23N3O2S/c1-3-18(16-7-5-4-6-8-16)20(25)22-21-24-23-19(27-21)14-11-15-9-12-17(26-2)13-10-15/h4-10,12-13,18H,3,11,14H2,1-2H3,(H,22,24,25)/t18-/m0/s1. The molecule has 0 aliphatic rings. The number of ether oxygens (including phenoxy) is 1. The van der Waals surface area contributed by atoms with E-state index in [0.29, 0.717) is 5.13 Å². The van der Waals surface area contributed by atoms with Crippen molar-refractivity contribution < 1.29 is 9.53 Å². The van der Waals surface area contributed by atoms with E-state index in [1.165, 1.54) is 16.9 Å². The van der Waals surface area contributed by atoms with Gasteiger partial charge >= 0.3 is 0 Å². The van der Waals surface area contributed by atoms with E-state index >= 15 is 0 Å². The summed E-state index contributed by atoms with van der Waals surface area (Å²) in [6.45, 7) is 2.01. The van der Waals surface area contributed by atoms with Crippen LogP contribution < -0.4 is 10.1 Å². The lowest BCUT2D eigenvalue weighted by atomic mass is 9.96. The zero-order valence-corrected chi connectivity index (χ0v) is 16.3. The Morgan fingerprint density at radius 1 is 1.07 bits per heavy atom. The predicted molar refractivity (Wildman–Crippen MR) is 108 cm³/mol. The monoisotopic (exact) mass is 381 g/mol. The highest BCUT2D eigenvalue weighted by Gasteiger charge is 2.19. The SMILES string of the molecule is CC[C@H](C(=O)Nc1nnc(CCc2ccc(OC)cc2)s1)c1ccccc1. The van der Waals surface area contributed by atoms with Crippen molar-refractivity contribution in [2.45, 2.75) is 32.1 Å². The highest BCUT2D eigenvalue weighted by atomic mass is 32.1. The normalized spacial score (nSPS) is 11.8. The fourth-order valence-electron chi connectivity index (χ4n) is 2.90. The van der Waals surface area contributed by atoms with Crippen LogP contribution in [0.1, 0.15) is 35.4 Å². The Labute approximate surface area is 163 Å². The van der Waals surface area contributed by atoms with Crippen molar-refractivity contribution in [2.24, 2.45) is 0 Å². The molecule has 6 heteroatoms. The number of anilines is 1. The molecule has 0 bridgehead atoms. The molecular formula is C21H23N3O2S. The van der Waals surface area contributed by atoms with Gasteiger partial charge in [-0.3, -0.25) is 10.1 Å². The lowest BCUT2D eigenvalue weighted by Crippen LogP contribution is -2.20. The number of aromatic nitrogens is 2. The van der Waals surface area contributed by atoms with Crippen LogP contribution in [0.2, 0.25) is 0 Å². The Balaban J connectivity index is 1.57.